The normalized spacial score (nSPS) is 10.8. The first-order valence-electron chi connectivity index (χ1n) is 8.56. The smallest absolute Gasteiger partial charge is 0.174 e. The number of benzene rings is 3. The maximum atomic E-state index is 6.13. The first kappa shape index (κ1) is 18.8. The molecule has 0 aliphatic rings. The van der Waals surface area contributed by atoms with Gasteiger partial charge in [0.25, 0.3) is 0 Å². The molecule has 0 spiro atoms. The Morgan fingerprint density at radius 2 is 1.39 bits per heavy atom. The van der Waals surface area contributed by atoms with Crippen LogP contribution < -0.4 is 10.6 Å². The molecule has 0 radical (unpaired) electrons. The number of hydrogen-bond acceptors (Lipinski definition) is 4. The van der Waals surface area contributed by atoms with Gasteiger partial charge >= 0.3 is 0 Å². The fourth-order valence-corrected chi connectivity index (χ4v) is 3.13. The molecule has 4 nitrogen and oxygen atoms in total. The van der Waals surface area contributed by atoms with Crippen molar-refractivity contribution in [3.05, 3.63) is 87.4 Å². The zero-order valence-corrected chi connectivity index (χ0v) is 16.9. The Bertz CT molecular complexity index is 1130. The predicted octanol–water partition coefficient (Wildman–Crippen LogP) is 6.95. The van der Waals surface area contributed by atoms with Crippen molar-refractivity contribution in [1.29, 1.82) is 0 Å². The average molecular weight is 430 g/mol. The summed E-state index contributed by atoms with van der Waals surface area (Å²) in [6.45, 7) is 0.584. The zero-order chi connectivity index (χ0) is 19.5. The molecule has 4 rings (SSSR count). The number of aromatic nitrogens is 2. The molecule has 0 saturated carbocycles. The van der Waals surface area contributed by atoms with E-state index in [2.05, 4.69) is 10.6 Å². The minimum atomic E-state index is 0.469. The molecule has 0 bridgehead atoms. The summed E-state index contributed by atoms with van der Waals surface area (Å²) >= 11 is 18.1. The minimum Gasteiger partial charge on any atom is -0.363 e. The lowest BCUT2D eigenvalue weighted by Gasteiger charge is -2.14. The van der Waals surface area contributed by atoms with Crippen molar-refractivity contribution >= 4 is 63.2 Å². The van der Waals surface area contributed by atoms with E-state index in [0.29, 0.717) is 33.2 Å². The second kappa shape index (κ2) is 8.23. The lowest BCUT2D eigenvalue weighted by molar-refractivity contribution is 1.11. The van der Waals surface area contributed by atoms with E-state index in [0.717, 1.165) is 22.3 Å². The first-order valence-corrected chi connectivity index (χ1v) is 9.69. The molecule has 28 heavy (non-hydrogen) atoms. The molecular weight excluding hydrogens is 415 g/mol. The summed E-state index contributed by atoms with van der Waals surface area (Å²) in [4.78, 5) is 9.44. The van der Waals surface area contributed by atoms with Gasteiger partial charge in [-0.2, -0.15) is 0 Å². The topological polar surface area (TPSA) is 49.8 Å². The third-order valence-electron chi connectivity index (χ3n) is 4.13. The van der Waals surface area contributed by atoms with Gasteiger partial charge in [0.2, 0.25) is 0 Å². The molecule has 0 aliphatic carbocycles. The Kier molecular flexibility index (Phi) is 5.53. The zero-order valence-electron chi connectivity index (χ0n) is 14.6. The van der Waals surface area contributed by atoms with Gasteiger partial charge in [0, 0.05) is 17.3 Å². The highest BCUT2D eigenvalue weighted by Gasteiger charge is 2.10. The summed E-state index contributed by atoms with van der Waals surface area (Å²) in [6, 6.07) is 20.7. The van der Waals surface area contributed by atoms with E-state index in [1.807, 2.05) is 54.6 Å². The van der Waals surface area contributed by atoms with Crippen LogP contribution in [-0.4, -0.2) is 9.97 Å². The van der Waals surface area contributed by atoms with E-state index >= 15 is 0 Å². The maximum Gasteiger partial charge on any atom is 0.174 e. The van der Waals surface area contributed by atoms with Crippen LogP contribution in [0.4, 0.5) is 17.3 Å². The Labute approximate surface area is 177 Å². The first-order chi connectivity index (χ1) is 13.6. The van der Waals surface area contributed by atoms with Crippen LogP contribution in [0.3, 0.4) is 0 Å². The molecule has 0 aliphatic heterocycles. The van der Waals surface area contributed by atoms with Gasteiger partial charge in [0.15, 0.2) is 11.6 Å². The number of nitrogens with one attached hydrogen (secondary N) is 2. The van der Waals surface area contributed by atoms with Gasteiger partial charge in [-0.15, -0.1) is 0 Å². The summed E-state index contributed by atoms with van der Waals surface area (Å²) in [5.41, 5.74) is 3.45. The van der Waals surface area contributed by atoms with E-state index in [1.165, 1.54) is 0 Å². The second-order valence-corrected chi connectivity index (χ2v) is 7.39. The Morgan fingerprint density at radius 1 is 0.714 bits per heavy atom. The lowest BCUT2D eigenvalue weighted by Crippen LogP contribution is -2.07. The number of anilines is 3. The molecular formula is C21H15Cl3N4. The highest BCUT2D eigenvalue weighted by molar-refractivity contribution is 6.42. The largest absolute Gasteiger partial charge is 0.363 e. The number of halogens is 3. The number of fused-ring (bicyclic) bond motifs is 1. The Hall–Kier alpha value is -2.53. The molecule has 0 saturated heterocycles. The highest BCUT2D eigenvalue weighted by Crippen LogP contribution is 2.29. The summed E-state index contributed by atoms with van der Waals surface area (Å²) in [6.07, 6.45) is 0. The Morgan fingerprint density at radius 3 is 2.07 bits per heavy atom. The van der Waals surface area contributed by atoms with Gasteiger partial charge in [0.05, 0.1) is 21.1 Å². The van der Waals surface area contributed by atoms with Crippen LogP contribution in [0.5, 0.6) is 0 Å². The third-order valence-corrected chi connectivity index (χ3v) is 5.12. The Balaban J connectivity index is 1.67. The SMILES string of the molecule is Clc1ccc(CNc2nc3ccccc3nc2Nc2ccc(Cl)c(Cl)c2)cc1. The van der Waals surface area contributed by atoms with Gasteiger partial charge in [-0.25, -0.2) is 9.97 Å². The van der Waals surface area contributed by atoms with Crippen LogP contribution in [0.25, 0.3) is 11.0 Å². The molecule has 0 amide bonds. The van der Waals surface area contributed by atoms with Crippen LogP contribution in [0.15, 0.2) is 66.7 Å². The summed E-state index contributed by atoms with van der Waals surface area (Å²) < 4.78 is 0. The van der Waals surface area contributed by atoms with Crippen molar-refractivity contribution in [2.75, 3.05) is 10.6 Å². The van der Waals surface area contributed by atoms with Crippen molar-refractivity contribution < 1.29 is 0 Å². The molecule has 2 N–H and O–H groups in total. The molecule has 1 aromatic heterocycles. The van der Waals surface area contributed by atoms with Crippen LogP contribution in [-0.2, 0) is 6.54 Å². The van der Waals surface area contributed by atoms with Crippen molar-refractivity contribution in [1.82, 2.24) is 9.97 Å². The molecule has 3 aromatic carbocycles. The van der Waals surface area contributed by atoms with E-state index in [1.54, 1.807) is 12.1 Å². The monoisotopic (exact) mass is 428 g/mol. The van der Waals surface area contributed by atoms with Crippen molar-refractivity contribution in [2.45, 2.75) is 6.54 Å². The molecule has 0 unspecified atom stereocenters. The van der Waals surface area contributed by atoms with Crippen LogP contribution in [0, 0.1) is 0 Å². The van der Waals surface area contributed by atoms with Gasteiger partial charge in [0.1, 0.15) is 0 Å². The van der Waals surface area contributed by atoms with Gasteiger partial charge in [-0.3, -0.25) is 0 Å². The maximum absolute atomic E-state index is 6.13. The van der Waals surface area contributed by atoms with Crippen molar-refractivity contribution in [3.8, 4) is 0 Å². The second-order valence-electron chi connectivity index (χ2n) is 6.14. The van der Waals surface area contributed by atoms with Gasteiger partial charge in [-0.05, 0) is 48.0 Å². The van der Waals surface area contributed by atoms with Crippen LogP contribution in [0.2, 0.25) is 15.1 Å². The lowest BCUT2D eigenvalue weighted by atomic mass is 10.2. The number of hydrogen-bond donors (Lipinski definition) is 2. The van der Waals surface area contributed by atoms with Crippen molar-refractivity contribution in [3.63, 3.8) is 0 Å². The number of para-hydroxylation sites is 2. The van der Waals surface area contributed by atoms with Gasteiger partial charge < -0.3 is 10.6 Å². The number of rotatable bonds is 5. The van der Waals surface area contributed by atoms with E-state index in [-0.39, 0.29) is 0 Å². The minimum absolute atomic E-state index is 0.469. The quantitative estimate of drug-likeness (QED) is 0.360. The molecule has 140 valence electrons. The summed E-state index contributed by atoms with van der Waals surface area (Å²) in [5.74, 6) is 1.24. The molecule has 0 fully saturated rings. The number of nitrogens with zero attached hydrogens (tertiary/aromatic N) is 2. The third kappa shape index (κ3) is 4.30. The molecule has 4 aromatic rings. The fourth-order valence-electron chi connectivity index (χ4n) is 2.71. The molecule has 7 heteroatoms. The van der Waals surface area contributed by atoms with Gasteiger partial charge in [-0.1, -0.05) is 59.1 Å². The standard InChI is InChI=1S/C21H15Cl3N4/c22-14-7-5-13(6-8-14)12-25-20-21(26-15-9-10-16(23)17(24)11-15)28-19-4-2-1-3-18(19)27-20/h1-11H,12H2,(H,25,27)(H,26,28). The van der Waals surface area contributed by atoms with E-state index < -0.39 is 0 Å². The van der Waals surface area contributed by atoms with Crippen LogP contribution >= 0.6 is 34.8 Å². The highest BCUT2D eigenvalue weighted by atomic mass is 35.5. The molecule has 0 atom stereocenters. The predicted molar refractivity (Wildman–Crippen MR) is 118 cm³/mol. The van der Waals surface area contributed by atoms with E-state index in [9.17, 15) is 0 Å². The van der Waals surface area contributed by atoms with E-state index in [4.69, 9.17) is 44.8 Å². The molecule has 1 heterocycles. The average Bonchev–Trinajstić information content (AvgIpc) is 2.70. The van der Waals surface area contributed by atoms with Crippen molar-refractivity contribution in [2.24, 2.45) is 0 Å². The van der Waals surface area contributed by atoms with Crippen LogP contribution in [0.1, 0.15) is 5.56 Å². The summed E-state index contributed by atoms with van der Waals surface area (Å²) in [5, 5.41) is 8.30. The fraction of sp³-hybridized carbons (Fsp3) is 0.0476. The summed E-state index contributed by atoms with van der Waals surface area (Å²) in [7, 11) is 0.